The third-order valence-electron chi connectivity index (χ3n) is 3.16. The van der Waals surface area contributed by atoms with Crippen LogP contribution in [0.2, 0.25) is 0 Å². The Kier molecular flexibility index (Phi) is 3.59. The molecule has 1 heterocycles. The zero-order valence-electron chi connectivity index (χ0n) is 10.7. The van der Waals surface area contributed by atoms with Gasteiger partial charge in [-0.1, -0.05) is 27.7 Å². The minimum absolute atomic E-state index is 0.00535. The molecule has 0 aromatic carbocycles. The Bertz CT molecular complexity index is 360. The molecule has 17 heavy (non-hydrogen) atoms. The van der Waals surface area contributed by atoms with Gasteiger partial charge >= 0.3 is 6.09 Å². The quantitative estimate of drug-likeness (QED) is 0.742. The lowest BCUT2D eigenvalue weighted by Gasteiger charge is -2.39. The van der Waals surface area contributed by atoms with Gasteiger partial charge in [0.05, 0.1) is 5.92 Å². The van der Waals surface area contributed by atoms with Gasteiger partial charge in [-0.25, -0.2) is 4.79 Å². The highest BCUT2D eigenvalue weighted by molar-refractivity contribution is 6.06. The maximum absolute atomic E-state index is 12.1. The topological polar surface area (TPSA) is 74.7 Å². The normalized spacial score (nSPS) is 23.9. The predicted octanol–water partition coefficient (Wildman–Crippen LogP) is 1.42. The van der Waals surface area contributed by atoms with Crippen molar-refractivity contribution < 1.29 is 19.5 Å². The van der Waals surface area contributed by atoms with Crippen LogP contribution >= 0.6 is 0 Å². The Balaban J connectivity index is 3.00. The van der Waals surface area contributed by atoms with Crippen LogP contribution in [0, 0.1) is 17.3 Å². The summed E-state index contributed by atoms with van der Waals surface area (Å²) in [7, 11) is 0. The monoisotopic (exact) mass is 241 g/mol. The number of hydrogen-bond acceptors (Lipinski definition) is 3. The molecule has 1 aliphatic rings. The van der Waals surface area contributed by atoms with Gasteiger partial charge in [-0.05, 0) is 0 Å². The van der Waals surface area contributed by atoms with Crippen LogP contribution in [-0.2, 0) is 9.59 Å². The van der Waals surface area contributed by atoms with E-state index in [-0.39, 0.29) is 30.6 Å². The highest BCUT2D eigenvalue weighted by Gasteiger charge is 2.45. The molecule has 1 amide bonds. The van der Waals surface area contributed by atoms with E-state index in [4.69, 9.17) is 5.11 Å². The first kappa shape index (κ1) is 13.7. The standard InChI is InChI=1S/C12H19NO4/c1-7(2)9(14)8-5-13(11(16)17)6-12(3,4)10(8)15/h7-8H,5-6H2,1-4H3,(H,16,17). The minimum atomic E-state index is -1.08. The van der Waals surface area contributed by atoms with Gasteiger partial charge in [0.15, 0.2) is 5.78 Å². The first-order valence-electron chi connectivity index (χ1n) is 5.72. The Morgan fingerprint density at radius 3 is 2.35 bits per heavy atom. The summed E-state index contributed by atoms with van der Waals surface area (Å²) in [4.78, 5) is 36.2. The van der Waals surface area contributed by atoms with Crippen molar-refractivity contribution in [2.45, 2.75) is 27.7 Å². The van der Waals surface area contributed by atoms with Crippen molar-refractivity contribution >= 4 is 17.7 Å². The number of amides is 1. The number of carbonyl (C=O) groups excluding carboxylic acids is 2. The van der Waals surface area contributed by atoms with Gasteiger partial charge < -0.3 is 10.0 Å². The van der Waals surface area contributed by atoms with Crippen LogP contribution in [0.1, 0.15) is 27.7 Å². The maximum Gasteiger partial charge on any atom is 0.407 e. The molecule has 1 aliphatic heterocycles. The number of nitrogens with zero attached hydrogens (tertiary/aromatic N) is 1. The predicted molar refractivity (Wildman–Crippen MR) is 61.7 cm³/mol. The van der Waals surface area contributed by atoms with Crippen molar-refractivity contribution in [1.82, 2.24) is 4.90 Å². The van der Waals surface area contributed by atoms with Crippen molar-refractivity contribution in [2.75, 3.05) is 13.1 Å². The molecule has 0 aliphatic carbocycles. The fourth-order valence-corrected chi connectivity index (χ4v) is 2.16. The molecular formula is C12H19NO4. The summed E-state index contributed by atoms with van der Waals surface area (Å²) >= 11 is 0. The Hall–Kier alpha value is -1.39. The smallest absolute Gasteiger partial charge is 0.407 e. The minimum Gasteiger partial charge on any atom is -0.465 e. The van der Waals surface area contributed by atoms with Crippen LogP contribution < -0.4 is 0 Å². The van der Waals surface area contributed by atoms with Gasteiger partial charge in [0.2, 0.25) is 0 Å². The van der Waals surface area contributed by atoms with E-state index in [1.54, 1.807) is 27.7 Å². The molecule has 1 N–H and O–H groups in total. The van der Waals surface area contributed by atoms with E-state index in [1.807, 2.05) is 0 Å². The van der Waals surface area contributed by atoms with Crippen LogP contribution in [0.25, 0.3) is 0 Å². The summed E-state index contributed by atoms with van der Waals surface area (Å²) in [5.74, 6) is -1.38. The molecule has 5 nitrogen and oxygen atoms in total. The highest BCUT2D eigenvalue weighted by atomic mass is 16.4. The fraction of sp³-hybridized carbons (Fsp3) is 0.750. The van der Waals surface area contributed by atoms with Crippen LogP contribution in [0.3, 0.4) is 0 Å². The molecule has 1 unspecified atom stereocenters. The fourth-order valence-electron chi connectivity index (χ4n) is 2.16. The second-order valence-electron chi connectivity index (χ2n) is 5.52. The van der Waals surface area contributed by atoms with E-state index >= 15 is 0 Å². The zero-order valence-corrected chi connectivity index (χ0v) is 10.7. The number of likely N-dealkylation sites (tertiary alicyclic amines) is 1. The highest BCUT2D eigenvalue weighted by Crippen LogP contribution is 2.30. The van der Waals surface area contributed by atoms with E-state index in [1.165, 1.54) is 0 Å². The molecule has 0 aromatic rings. The lowest BCUT2D eigenvalue weighted by atomic mass is 9.74. The van der Waals surface area contributed by atoms with E-state index < -0.39 is 17.4 Å². The molecule has 0 spiro atoms. The van der Waals surface area contributed by atoms with Crippen LogP contribution in [0.4, 0.5) is 4.79 Å². The summed E-state index contributed by atoms with van der Waals surface area (Å²) in [5.41, 5.74) is -0.786. The van der Waals surface area contributed by atoms with Crippen LogP contribution in [0.5, 0.6) is 0 Å². The van der Waals surface area contributed by atoms with Crippen molar-refractivity contribution in [3.05, 3.63) is 0 Å². The number of ketones is 2. The van der Waals surface area contributed by atoms with E-state index in [9.17, 15) is 14.4 Å². The number of hydrogen-bond donors (Lipinski definition) is 1. The molecule has 0 radical (unpaired) electrons. The van der Waals surface area contributed by atoms with E-state index in [2.05, 4.69) is 0 Å². The second-order valence-corrected chi connectivity index (χ2v) is 5.52. The lowest BCUT2D eigenvalue weighted by molar-refractivity contribution is -0.144. The molecule has 1 fully saturated rings. The van der Waals surface area contributed by atoms with E-state index in [0.29, 0.717) is 0 Å². The Labute approximate surface area is 101 Å². The first-order valence-corrected chi connectivity index (χ1v) is 5.72. The average molecular weight is 241 g/mol. The van der Waals surface area contributed by atoms with Gasteiger partial charge in [0, 0.05) is 24.4 Å². The molecule has 0 aromatic heterocycles. The summed E-state index contributed by atoms with van der Waals surface area (Å²) < 4.78 is 0. The van der Waals surface area contributed by atoms with Gasteiger partial charge in [-0.15, -0.1) is 0 Å². The number of Topliss-reactive ketones (excluding diaryl/α,β-unsaturated/α-hetero) is 2. The summed E-state index contributed by atoms with van der Waals surface area (Å²) in [6, 6.07) is 0. The molecule has 1 rings (SSSR count). The van der Waals surface area contributed by atoms with Gasteiger partial charge in [-0.2, -0.15) is 0 Å². The zero-order chi connectivity index (χ0) is 13.4. The molecule has 0 saturated carbocycles. The van der Waals surface area contributed by atoms with Gasteiger partial charge in [-0.3, -0.25) is 9.59 Å². The average Bonchev–Trinajstić information content (AvgIpc) is 2.20. The Morgan fingerprint density at radius 2 is 1.94 bits per heavy atom. The Morgan fingerprint density at radius 1 is 1.41 bits per heavy atom. The van der Waals surface area contributed by atoms with Gasteiger partial charge in [0.25, 0.3) is 0 Å². The molecule has 0 bridgehead atoms. The summed E-state index contributed by atoms with van der Waals surface area (Å²) in [6.45, 7) is 6.97. The third kappa shape index (κ3) is 2.65. The molecule has 1 saturated heterocycles. The lowest BCUT2D eigenvalue weighted by Crippen LogP contribution is -2.55. The van der Waals surface area contributed by atoms with Crippen molar-refractivity contribution in [1.29, 1.82) is 0 Å². The second kappa shape index (κ2) is 4.47. The molecule has 1 atom stereocenters. The number of rotatable bonds is 2. The molecule has 5 heteroatoms. The number of carboxylic acid groups (broad SMARTS) is 1. The maximum atomic E-state index is 12.1. The van der Waals surface area contributed by atoms with Crippen LogP contribution in [0.15, 0.2) is 0 Å². The summed E-state index contributed by atoms with van der Waals surface area (Å²) in [5, 5.41) is 9.00. The SMILES string of the molecule is CC(C)C(=O)C1CN(C(=O)O)CC(C)(C)C1=O. The van der Waals surface area contributed by atoms with Crippen molar-refractivity contribution in [3.8, 4) is 0 Å². The third-order valence-corrected chi connectivity index (χ3v) is 3.16. The number of piperidine rings is 1. The first-order chi connectivity index (χ1) is 7.66. The van der Waals surface area contributed by atoms with Crippen LogP contribution in [-0.4, -0.2) is 40.8 Å². The molecule has 96 valence electrons. The largest absolute Gasteiger partial charge is 0.465 e. The summed E-state index contributed by atoms with van der Waals surface area (Å²) in [6.07, 6.45) is -1.08. The van der Waals surface area contributed by atoms with Crippen molar-refractivity contribution in [3.63, 3.8) is 0 Å². The van der Waals surface area contributed by atoms with Crippen molar-refractivity contribution in [2.24, 2.45) is 17.3 Å². The van der Waals surface area contributed by atoms with Gasteiger partial charge in [0.1, 0.15) is 5.78 Å². The number of carbonyl (C=O) groups is 3. The van der Waals surface area contributed by atoms with E-state index in [0.717, 1.165) is 4.90 Å². The molecular weight excluding hydrogens is 222 g/mol.